The fourth-order valence-electron chi connectivity index (χ4n) is 1.81. The van der Waals surface area contributed by atoms with Crippen LogP contribution < -0.4 is 5.56 Å². The molecule has 18 heavy (non-hydrogen) atoms. The van der Waals surface area contributed by atoms with E-state index in [4.69, 9.17) is 0 Å². The summed E-state index contributed by atoms with van der Waals surface area (Å²) in [6.45, 7) is 0. The second-order valence-corrected chi connectivity index (χ2v) is 4.51. The zero-order chi connectivity index (χ0) is 12.5. The molecule has 0 saturated heterocycles. The highest BCUT2D eigenvalue weighted by molar-refractivity contribution is 9.10. The largest absolute Gasteiger partial charge is 0.279 e. The molecule has 2 aromatic heterocycles. The summed E-state index contributed by atoms with van der Waals surface area (Å²) in [5.74, 6) is 0. The maximum absolute atomic E-state index is 12.3. The van der Waals surface area contributed by atoms with Crippen molar-refractivity contribution in [3.8, 4) is 5.69 Å². The Balaban J connectivity index is 2.39. The summed E-state index contributed by atoms with van der Waals surface area (Å²) in [4.78, 5) is 16.3. The second-order valence-electron chi connectivity index (χ2n) is 3.76. The SMILES string of the molecule is O=c1c2ccccc2c(Br)nn1-c1ccncc1. The van der Waals surface area contributed by atoms with Crippen LogP contribution in [0.2, 0.25) is 0 Å². The van der Waals surface area contributed by atoms with Gasteiger partial charge < -0.3 is 0 Å². The molecule has 3 aromatic rings. The zero-order valence-electron chi connectivity index (χ0n) is 9.25. The third-order valence-corrected chi connectivity index (χ3v) is 3.25. The van der Waals surface area contributed by atoms with Crippen LogP contribution in [-0.4, -0.2) is 14.8 Å². The molecule has 3 rings (SSSR count). The van der Waals surface area contributed by atoms with Crippen molar-refractivity contribution in [1.82, 2.24) is 14.8 Å². The average Bonchev–Trinajstić information content (AvgIpc) is 2.44. The van der Waals surface area contributed by atoms with E-state index in [1.165, 1.54) is 4.68 Å². The van der Waals surface area contributed by atoms with Crippen molar-refractivity contribution in [3.05, 3.63) is 63.7 Å². The minimum absolute atomic E-state index is 0.139. The lowest BCUT2D eigenvalue weighted by atomic mass is 10.2. The maximum Gasteiger partial charge on any atom is 0.279 e. The van der Waals surface area contributed by atoms with Gasteiger partial charge in [0.1, 0.15) is 4.60 Å². The van der Waals surface area contributed by atoms with E-state index in [1.54, 1.807) is 30.6 Å². The monoisotopic (exact) mass is 301 g/mol. The number of rotatable bonds is 1. The highest BCUT2D eigenvalue weighted by Crippen LogP contribution is 2.19. The summed E-state index contributed by atoms with van der Waals surface area (Å²) in [6, 6.07) is 10.9. The van der Waals surface area contributed by atoms with Crippen LogP contribution in [0.3, 0.4) is 0 Å². The minimum atomic E-state index is -0.139. The molecule has 4 nitrogen and oxygen atoms in total. The minimum Gasteiger partial charge on any atom is -0.267 e. The summed E-state index contributed by atoms with van der Waals surface area (Å²) in [5, 5.41) is 5.71. The van der Waals surface area contributed by atoms with E-state index in [9.17, 15) is 4.79 Å². The lowest BCUT2D eigenvalue weighted by molar-refractivity contribution is 0.807. The first-order valence-electron chi connectivity index (χ1n) is 5.35. The Morgan fingerprint density at radius 1 is 1.00 bits per heavy atom. The number of nitrogens with zero attached hydrogens (tertiary/aromatic N) is 3. The molecule has 0 fully saturated rings. The van der Waals surface area contributed by atoms with E-state index in [0.29, 0.717) is 15.7 Å². The summed E-state index contributed by atoms with van der Waals surface area (Å²) in [5.41, 5.74) is 0.557. The quantitative estimate of drug-likeness (QED) is 0.694. The van der Waals surface area contributed by atoms with Crippen molar-refractivity contribution < 1.29 is 0 Å². The average molecular weight is 302 g/mol. The van der Waals surface area contributed by atoms with Gasteiger partial charge in [0.05, 0.1) is 11.1 Å². The van der Waals surface area contributed by atoms with Crippen LogP contribution >= 0.6 is 15.9 Å². The third kappa shape index (κ3) is 1.73. The van der Waals surface area contributed by atoms with Crippen LogP contribution in [0.25, 0.3) is 16.5 Å². The second kappa shape index (κ2) is 4.34. The lowest BCUT2D eigenvalue weighted by Crippen LogP contribution is -2.21. The van der Waals surface area contributed by atoms with Crippen LogP contribution in [0.1, 0.15) is 0 Å². The van der Waals surface area contributed by atoms with Crippen LogP contribution in [0.15, 0.2) is 58.2 Å². The first-order valence-corrected chi connectivity index (χ1v) is 6.14. The van der Waals surface area contributed by atoms with Crippen molar-refractivity contribution in [2.75, 3.05) is 0 Å². The fraction of sp³-hybridized carbons (Fsp3) is 0. The Kier molecular flexibility index (Phi) is 2.68. The van der Waals surface area contributed by atoms with Gasteiger partial charge in [-0.05, 0) is 34.1 Å². The first kappa shape index (κ1) is 11.1. The van der Waals surface area contributed by atoms with Crippen molar-refractivity contribution in [2.24, 2.45) is 0 Å². The molecule has 0 aliphatic heterocycles. The molecule has 0 saturated carbocycles. The molecule has 0 aliphatic carbocycles. The van der Waals surface area contributed by atoms with Gasteiger partial charge in [-0.15, -0.1) is 0 Å². The van der Waals surface area contributed by atoms with Gasteiger partial charge in [0.25, 0.3) is 5.56 Å². The molecule has 2 heterocycles. The molecule has 0 unspecified atom stereocenters. The van der Waals surface area contributed by atoms with E-state index in [0.717, 1.165) is 5.39 Å². The fourth-order valence-corrected chi connectivity index (χ4v) is 2.32. The summed E-state index contributed by atoms with van der Waals surface area (Å²) < 4.78 is 2.02. The van der Waals surface area contributed by atoms with Crippen molar-refractivity contribution in [2.45, 2.75) is 0 Å². The molecular formula is C13H8BrN3O. The van der Waals surface area contributed by atoms with Crippen LogP contribution in [0.4, 0.5) is 0 Å². The zero-order valence-corrected chi connectivity index (χ0v) is 10.8. The number of halogens is 1. The smallest absolute Gasteiger partial charge is 0.267 e. The highest BCUT2D eigenvalue weighted by Gasteiger charge is 2.09. The normalized spacial score (nSPS) is 10.7. The predicted octanol–water partition coefficient (Wildman–Crippen LogP) is 2.54. The molecule has 0 atom stereocenters. The van der Waals surface area contributed by atoms with E-state index < -0.39 is 0 Å². The molecule has 0 spiro atoms. The van der Waals surface area contributed by atoms with E-state index in [2.05, 4.69) is 26.0 Å². The number of hydrogen-bond acceptors (Lipinski definition) is 3. The Hall–Kier alpha value is -2.01. The van der Waals surface area contributed by atoms with E-state index >= 15 is 0 Å². The van der Waals surface area contributed by atoms with Crippen LogP contribution in [0.5, 0.6) is 0 Å². The molecule has 0 amide bonds. The predicted molar refractivity (Wildman–Crippen MR) is 72.8 cm³/mol. The number of hydrogen-bond donors (Lipinski definition) is 0. The van der Waals surface area contributed by atoms with Gasteiger partial charge in [-0.25, -0.2) is 0 Å². The maximum atomic E-state index is 12.3. The molecule has 88 valence electrons. The van der Waals surface area contributed by atoms with Gasteiger partial charge in [-0.3, -0.25) is 9.78 Å². The first-order chi connectivity index (χ1) is 8.77. The standard InChI is InChI=1S/C13H8BrN3O/c14-12-10-3-1-2-4-11(10)13(18)17(16-12)9-5-7-15-8-6-9/h1-8H. The molecule has 0 N–H and O–H groups in total. The molecule has 0 aliphatic rings. The van der Waals surface area contributed by atoms with Crippen molar-refractivity contribution in [1.29, 1.82) is 0 Å². The van der Waals surface area contributed by atoms with Gasteiger partial charge >= 0.3 is 0 Å². The lowest BCUT2D eigenvalue weighted by Gasteiger charge is -2.07. The van der Waals surface area contributed by atoms with E-state index in [1.807, 2.05) is 18.2 Å². The summed E-state index contributed by atoms with van der Waals surface area (Å²) in [7, 11) is 0. The number of pyridine rings is 1. The van der Waals surface area contributed by atoms with Crippen LogP contribution in [-0.2, 0) is 0 Å². The van der Waals surface area contributed by atoms with Gasteiger partial charge in [0.15, 0.2) is 0 Å². The number of benzene rings is 1. The van der Waals surface area contributed by atoms with Crippen molar-refractivity contribution >= 4 is 26.7 Å². The number of fused-ring (bicyclic) bond motifs is 1. The van der Waals surface area contributed by atoms with Gasteiger partial charge in [-0.1, -0.05) is 18.2 Å². The van der Waals surface area contributed by atoms with E-state index in [-0.39, 0.29) is 5.56 Å². The van der Waals surface area contributed by atoms with Gasteiger partial charge in [0.2, 0.25) is 0 Å². The van der Waals surface area contributed by atoms with Gasteiger partial charge in [0, 0.05) is 17.8 Å². The topological polar surface area (TPSA) is 47.8 Å². The molecule has 5 heteroatoms. The molecule has 1 aromatic carbocycles. The summed E-state index contributed by atoms with van der Waals surface area (Å²) in [6.07, 6.45) is 3.26. The Morgan fingerprint density at radius 2 is 1.67 bits per heavy atom. The number of aromatic nitrogens is 3. The molecular weight excluding hydrogens is 294 g/mol. The Bertz CT molecular complexity index is 768. The van der Waals surface area contributed by atoms with Crippen LogP contribution in [0, 0.1) is 0 Å². The summed E-state index contributed by atoms with van der Waals surface area (Å²) >= 11 is 3.39. The third-order valence-electron chi connectivity index (χ3n) is 2.67. The molecule has 0 bridgehead atoms. The Labute approximate surface area is 111 Å². The molecule has 0 radical (unpaired) electrons. The van der Waals surface area contributed by atoms with Crippen molar-refractivity contribution in [3.63, 3.8) is 0 Å². The van der Waals surface area contributed by atoms with Gasteiger partial charge in [-0.2, -0.15) is 9.78 Å². The highest BCUT2D eigenvalue weighted by atomic mass is 79.9. The Morgan fingerprint density at radius 3 is 2.39 bits per heavy atom.